The average Bonchev–Trinajstić information content (AvgIpc) is 2.98. The van der Waals surface area contributed by atoms with Gasteiger partial charge in [-0.25, -0.2) is 4.79 Å². The van der Waals surface area contributed by atoms with E-state index < -0.39 is 24.5 Å². The smallest absolute Gasteiger partial charge is 0.328 e. The van der Waals surface area contributed by atoms with Crippen molar-refractivity contribution < 1.29 is 34.1 Å². The van der Waals surface area contributed by atoms with Crippen molar-refractivity contribution >= 4 is 23.8 Å². The predicted octanol–water partition coefficient (Wildman–Crippen LogP) is 6.75. The van der Waals surface area contributed by atoms with E-state index >= 15 is 0 Å². The Labute approximate surface area is 261 Å². The van der Waals surface area contributed by atoms with Gasteiger partial charge in [0.05, 0.1) is 13.2 Å². The van der Waals surface area contributed by atoms with E-state index in [1.807, 2.05) is 0 Å². The quantitative estimate of drug-likeness (QED) is 0.0400. The second-order valence-electron chi connectivity index (χ2n) is 11.6. The lowest BCUT2D eigenvalue weighted by Crippen LogP contribution is -2.47. The van der Waals surface area contributed by atoms with E-state index in [9.17, 15) is 19.2 Å². The predicted molar refractivity (Wildman–Crippen MR) is 172 cm³/mol. The first kappa shape index (κ1) is 40.6. The molecule has 0 aliphatic carbocycles. The number of hydrogen-bond donors (Lipinski definition) is 4. The minimum Gasteiger partial charge on any atom is -0.480 e. The molecule has 0 saturated heterocycles. The van der Waals surface area contributed by atoms with Crippen molar-refractivity contribution in [3.05, 3.63) is 12.2 Å². The summed E-state index contributed by atoms with van der Waals surface area (Å²) in [7, 11) is 0. The van der Waals surface area contributed by atoms with Gasteiger partial charge in [0.25, 0.3) is 0 Å². The maximum atomic E-state index is 12.5. The first-order chi connectivity index (χ1) is 20.8. The van der Waals surface area contributed by atoms with Crippen LogP contribution in [0.4, 0.5) is 0 Å². The largest absolute Gasteiger partial charge is 0.480 e. The molecule has 250 valence electrons. The van der Waals surface area contributed by atoms with Crippen molar-refractivity contribution in [2.75, 3.05) is 13.2 Å². The number of ether oxygens (including phenoxy) is 1. The van der Waals surface area contributed by atoms with E-state index in [1.54, 1.807) is 0 Å². The molecule has 0 heterocycles. The van der Waals surface area contributed by atoms with Crippen LogP contribution >= 0.6 is 0 Å². The molecule has 9 nitrogen and oxygen atoms in total. The van der Waals surface area contributed by atoms with Crippen LogP contribution in [0.15, 0.2) is 12.2 Å². The van der Waals surface area contributed by atoms with Crippen LogP contribution in [0, 0.1) is 0 Å². The molecule has 9 heteroatoms. The number of esters is 1. The Morgan fingerprint density at radius 3 is 1.81 bits per heavy atom. The van der Waals surface area contributed by atoms with Crippen molar-refractivity contribution in [1.29, 1.82) is 0 Å². The zero-order valence-corrected chi connectivity index (χ0v) is 27.2. The van der Waals surface area contributed by atoms with Crippen molar-refractivity contribution in [1.82, 2.24) is 10.6 Å². The lowest BCUT2D eigenvalue weighted by molar-refractivity contribution is -0.147. The molecule has 0 aromatic heterocycles. The zero-order valence-electron chi connectivity index (χ0n) is 27.2. The van der Waals surface area contributed by atoms with Gasteiger partial charge in [-0.05, 0) is 44.6 Å². The molecule has 2 amide bonds. The van der Waals surface area contributed by atoms with E-state index in [1.165, 1.54) is 70.6 Å². The molecule has 0 fully saturated rings. The fourth-order valence-corrected chi connectivity index (χ4v) is 4.80. The summed E-state index contributed by atoms with van der Waals surface area (Å²) in [5.41, 5.74) is 0. The van der Waals surface area contributed by atoms with Crippen LogP contribution in [0.3, 0.4) is 0 Å². The lowest BCUT2D eigenvalue weighted by atomic mass is 10.1. The van der Waals surface area contributed by atoms with Gasteiger partial charge in [-0.1, -0.05) is 110 Å². The van der Waals surface area contributed by atoms with Gasteiger partial charge in [0.1, 0.15) is 12.1 Å². The van der Waals surface area contributed by atoms with E-state index in [4.69, 9.17) is 14.9 Å². The summed E-state index contributed by atoms with van der Waals surface area (Å²) >= 11 is 0. The number of aliphatic hydroxyl groups excluding tert-OH is 1. The number of allylic oxidation sites excluding steroid dienone is 1. The van der Waals surface area contributed by atoms with Crippen molar-refractivity contribution in [2.24, 2.45) is 0 Å². The Balaban J connectivity index is 4.30. The topological polar surface area (TPSA) is 142 Å². The first-order valence-corrected chi connectivity index (χ1v) is 17.1. The second-order valence-corrected chi connectivity index (χ2v) is 11.6. The highest BCUT2D eigenvalue weighted by molar-refractivity contribution is 5.87. The summed E-state index contributed by atoms with van der Waals surface area (Å²) in [6.07, 6.45) is 26.9. The highest BCUT2D eigenvalue weighted by atomic mass is 16.5. The van der Waals surface area contributed by atoms with Gasteiger partial charge in [-0.3, -0.25) is 14.4 Å². The number of rotatable bonds is 30. The third kappa shape index (κ3) is 26.9. The van der Waals surface area contributed by atoms with Gasteiger partial charge < -0.3 is 25.6 Å². The number of carboxylic acid groups (broad SMARTS) is 1. The third-order valence-corrected chi connectivity index (χ3v) is 7.50. The van der Waals surface area contributed by atoms with Gasteiger partial charge in [0.15, 0.2) is 0 Å². The minimum atomic E-state index is -1.39. The van der Waals surface area contributed by atoms with Gasteiger partial charge in [-0.2, -0.15) is 0 Å². The first-order valence-electron chi connectivity index (χ1n) is 17.1. The van der Waals surface area contributed by atoms with Crippen LogP contribution in [0.2, 0.25) is 0 Å². The van der Waals surface area contributed by atoms with E-state index in [-0.39, 0.29) is 30.9 Å². The summed E-state index contributed by atoms with van der Waals surface area (Å²) in [6.45, 7) is 3.39. The van der Waals surface area contributed by atoms with Crippen LogP contribution in [0.1, 0.15) is 155 Å². The normalized spacial score (nSPS) is 12.6. The van der Waals surface area contributed by atoms with Gasteiger partial charge in [0, 0.05) is 12.8 Å². The summed E-state index contributed by atoms with van der Waals surface area (Å²) < 4.78 is 5.84. The zero-order chi connectivity index (χ0) is 32.0. The molecule has 0 radical (unpaired) electrons. The highest BCUT2D eigenvalue weighted by Gasteiger charge is 2.18. The van der Waals surface area contributed by atoms with Crippen LogP contribution < -0.4 is 10.6 Å². The Morgan fingerprint density at radius 2 is 1.23 bits per heavy atom. The molecule has 0 bridgehead atoms. The average molecular weight is 611 g/mol. The molecule has 0 aromatic rings. The number of aliphatic carboxylic acids is 1. The van der Waals surface area contributed by atoms with Crippen LogP contribution in [0.5, 0.6) is 0 Å². The number of nitrogens with one attached hydrogen (secondary N) is 2. The molecule has 43 heavy (non-hydrogen) atoms. The highest BCUT2D eigenvalue weighted by Crippen LogP contribution is 2.15. The van der Waals surface area contributed by atoms with Crippen molar-refractivity contribution in [3.63, 3.8) is 0 Å². The number of carbonyl (C=O) groups is 4. The monoisotopic (exact) mass is 610 g/mol. The third-order valence-electron chi connectivity index (χ3n) is 7.50. The van der Waals surface area contributed by atoms with Gasteiger partial charge in [0.2, 0.25) is 11.8 Å². The fraction of sp³-hybridized carbons (Fsp3) is 0.824. The maximum Gasteiger partial charge on any atom is 0.328 e. The molecular formula is C34H62N2O7. The molecule has 0 rings (SSSR count). The summed E-state index contributed by atoms with van der Waals surface area (Å²) in [5.74, 6) is -2.40. The Kier molecular flexibility index (Phi) is 28.0. The Bertz CT molecular complexity index is 757. The fourth-order valence-electron chi connectivity index (χ4n) is 4.80. The molecule has 0 saturated carbocycles. The van der Waals surface area contributed by atoms with E-state index in [0.717, 1.165) is 51.4 Å². The van der Waals surface area contributed by atoms with Gasteiger partial charge in [-0.15, -0.1) is 0 Å². The molecule has 4 N–H and O–H groups in total. The van der Waals surface area contributed by atoms with Crippen molar-refractivity contribution in [2.45, 2.75) is 167 Å². The number of amides is 2. The molecule has 0 aliphatic rings. The Hall–Kier alpha value is -2.42. The molecule has 2 atom stereocenters. The summed E-state index contributed by atoms with van der Waals surface area (Å²) in [6, 6.07) is -1.39. The molecule has 0 aliphatic heterocycles. The maximum absolute atomic E-state index is 12.5. The summed E-state index contributed by atoms with van der Waals surface area (Å²) in [5, 5.41) is 22.4. The molecule has 2 unspecified atom stereocenters. The van der Waals surface area contributed by atoms with Crippen LogP contribution in [0.25, 0.3) is 0 Å². The van der Waals surface area contributed by atoms with E-state index in [2.05, 4.69) is 36.6 Å². The summed E-state index contributed by atoms with van der Waals surface area (Å²) in [4.78, 5) is 47.1. The molecule has 0 spiro atoms. The minimum absolute atomic E-state index is 0.116. The van der Waals surface area contributed by atoms with Crippen LogP contribution in [-0.4, -0.2) is 59.3 Å². The number of unbranched alkanes of at least 4 members (excludes halogenated alkanes) is 16. The lowest BCUT2D eigenvalue weighted by Gasteiger charge is -2.15. The standard InChI is InChI=1S/C34H62N2O7/c1-3-5-7-9-11-12-14-16-22-26-33(40)43-29(23-19-15-13-10-8-6-4-2)24-20-17-18-21-25-31(38)35-27-32(39)36-30(28-37)34(41)42/h19,23,29-30,37H,3-18,20-22,24-28H2,1-2H3,(H,35,38)(H,36,39)(H,41,42)/b23-19-. The SMILES string of the molecule is CCCCCCC/C=C\C(CCCCCCC(=O)NCC(=O)NC(CO)C(=O)O)OC(=O)CCCCCCCCCCC. The second kappa shape index (κ2) is 29.6. The van der Waals surface area contributed by atoms with Crippen LogP contribution in [-0.2, 0) is 23.9 Å². The number of carboxylic acids is 1. The molecular weight excluding hydrogens is 548 g/mol. The number of hydrogen-bond acceptors (Lipinski definition) is 6. The number of aliphatic hydroxyl groups is 1. The van der Waals surface area contributed by atoms with Crippen molar-refractivity contribution in [3.8, 4) is 0 Å². The molecule has 0 aromatic carbocycles. The van der Waals surface area contributed by atoms with E-state index in [0.29, 0.717) is 12.8 Å². The van der Waals surface area contributed by atoms with Gasteiger partial charge >= 0.3 is 11.9 Å². The number of carbonyl (C=O) groups excluding carboxylic acids is 3. The Morgan fingerprint density at radius 1 is 0.698 bits per heavy atom.